The van der Waals surface area contributed by atoms with Gasteiger partial charge in [0.15, 0.2) is 0 Å². The van der Waals surface area contributed by atoms with Crippen LogP contribution in [0.3, 0.4) is 0 Å². The fraction of sp³-hybridized carbons (Fsp3) is 0.0952. The molecule has 0 amide bonds. The van der Waals surface area contributed by atoms with Crippen LogP contribution in [0.15, 0.2) is 91.0 Å². The van der Waals surface area contributed by atoms with E-state index in [1.165, 1.54) is 22.7 Å². The molecule has 0 saturated heterocycles. The fourth-order valence-electron chi connectivity index (χ4n) is 2.32. The molecule has 0 spiro atoms. The summed E-state index contributed by atoms with van der Waals surface area (Å²) >= 11 is 0. The van der Waals surface area contributed by atoms with Gasteiger partial charge in [-0.2, -0.15) is 0 Å². The number of rotatable bonds is 3. The fourth-order valence-corrected chi connectivity index (χ4v) is 4.46. The molecule has 3 rings (SSSR count). The van der Waals surface area contributed by atoms with Gasteiger partial charge in [-0.05, 0) is 29.8 Å². The van der Waals surface area contributed by atoms with Gasteiger partial charge < -0.3 is 9.90 Å². The van der Waals surface area contributed by atoms with Crippen molar-refractivity contribution < 1.29 is 9.90 Å². The molecule has 0 aliphatic rings. The molecule has 0 bridgehead atoms. The Bertz CT molecular complexity index is 712. The molecular formula is C21H21O2P. The first-order valence-electron chi connectivity index (χ1n) is 7.73. The summed E-state index contributed by atoms with van der Waals surface area (Å²) in [7, 11) is -1.15. The van der Waals surface area contributed by atoms with Crippen molar-refractivity contribution in [3.63, 3.8) is 0 Å². The molecule has 0 heterocycles. The molecule has 3 heteroatoms. The predicted octanol–water partition coefficient (Wildman–Crippen LogP) is 2.96. The maximum atomic E-state index is 10.1. The van der Waals surface area contributed by atoms with Gasteiger partial charge in [-0.25, -0.2) is 0 Å². The second kappa shape index (κ2) is 8.42. The number of carboxylic acid groups (broad SMARTS) is 1. The lowest BCUT2D eigenvalue weighted by Crippen LogP contribution is -2.21. The van der Waals surface area contributed by atoms with E-state index in [2.05, 4.69) is 74.0 Å². The van der Waals surface area contributed by atoms with Crippen LogP contribution in [0, 0.1) is 0 Å². The predicted molar refractivity (Wildman–Crippen MR) is 102 cm³/mol. The quantitative estimate of drug-likeness (QED) is 0.690. The summed E-state index contributed by atoms with van der Waals surface area (Å²) in [6.07, 6.45) is 0. The molecular weight excluding hydrogens is 315 g/mol. The van der Waals surface area contributed by atoms with Crippen molar-refractivity contribution in [3.05, 3.63) is 96.6 Å². The van der Waals surface area contributed by atoms with E-state index < -0.39 is 13.2 Å². The van der Waals surface area contributed by atoms with Gasteiger partial charge in [-0.1, -0.05) is 66.7 Å². The SMILES string of the molecule is C[P+](C)(c1ccccc1)c1ccccc1.O=C([O-])c1ccccc1. The number of carbonyl (C=O) groups is 1. The lowest BCUT2D eigenvalue weighted by Gasteiger charge is -2.17. The van der Waals surface area contributed by atoms with Crippen LogP contribution in [-0.4, -0.2) is 19.3 Å². The number of carbonyl (C=O) groups excluding carboxylic acids is 1. The van der Waals surface area contributed by atoms with Crippen LogP contribution < -0.4 is 15.7 Å². The van der Waals surface area contributed by atoms with Crippen molar-refractivity contribution >= 4 is 23.8 Å². The summed E-state index contributed by atoms with van der Waals surface area (Å²) in [4.78, 5) is 10.1. The second-order valence-electron chi connectivity index (χ2n) is 5.78. The molecule has 24 heavy (non-hydrogen) atoms. The minimum atomic E-state index is -1.15. The lowest BCUT2D eigenvalue weighted by molar-refractivity contribution is -0.255. The normalized spacial score (nSPS) is 10.4. The van der Waals surface area contributed by atoms with E-state index in [4.69, 9.17) is 0 Å². The van der Waals surface area contributed by atoms with Crippen molar-refractivity contribution in [1.82, 2.24) is 0 Å². The number of benzene rings is 3. The Morgan fingerprint density at radius 2 is 1.00 bits per heavy atom. The standard InChI is InChI=1S/C14H16P.C7H6O2/c1-15(2,13-9-5-3-6-10-13)14-11-7-4-8-12-14;8-7(9)6-4-2-1-3-5-6/h3-12H,1-2H3;1-5H,(H,8,9)/q+1;/p-1. The molecule has 0 aromatic heterocycles. The zero-order valence-corrected chi connectivity index (χ0v) is 14.8. The monoisotopic (exact) mass is 336 g/mol. The van der Waals surface area contributed by atoms with Gasteiger partial charge in [0.05, 0.1) is 37.2 Å². The van der Waals surface area contributed by atoms with Crippen molar-refractivity contribution in [1.29, 1.82) is 0 Å². The van der Waals surface area contributed by atoms with Gasteiger partial charge in [-0.3, -0.25) is 0 Å². The Hall–Kier alpha value is -2.44. The summed E-state index contributed by atoms with van der Waals surface area (Å²) in [5.74, 6) is -1.13. The molecule has 3 aromatic carbocycles. The van der Waals surface area contributed by atoms with Crippen LogP contribution >= 0.6 is 7.26 Å². The van der Waals surface area contributed by atoms with E-state index in [1.807, 2.05) is 0 Å². The van der Waals surface area contributed by atoms with Crippen LogP contribution in [0.4, 0.5) is 0 Å². The van der Waals surface area contributed by atoms with Crippen LogP contribution in [0.25, 0.3) is 0 Å². The third kappa shape index (κ3) is 4.78. The average molecular weight is 336 g/mol. The van der Waals surface area contributed by atoms with Gasteiger partial charge >= 0.3 is 0 Å². The molecule has 0 unspecified atom stereocenters. The average Bonchev–Trinajstić information content (AvgIpc) is 2.64. The van der Waals surface area contributed by atoms with E-state index >= 15 is 0 Å². The smallest absolute Gasteiger partial charge is 0.0985 e. The number of carboxylic acids is 1. The van der Waals surface area contributed by atoms with E-state index in [0.717, 1.165) is 0 Å². The summed E-state index contributed by atoms with van der Waals surface area (Å²) < 4.78 is 0. The van der Waals surface area contributed by atoms with Gasteiger partial charge in [0.2, 0.25) is 0 Å². The first kappa shape index (κ1) is 17.9. The largest absolute Gasteiger partial charge is 0.545 e. The van der Waals surface area contributed by atoms with E-state index in [9.17, 15) is 9.90 Å². The highest BCUT2D eigenvalue weighted by Gasteiger charge is 2.30. The highest BCUT2D eigenvalue weighted by atomic mass is 31.2. The number of hydrogen-bond donors (Lipinski definition) is 0. The number of aromatic carboxylic acids is 1. The highest BCUT2D eigenvalue weighted by molar-refractivity contribution is 7.88. The molecule has 0 aliphatic heterocycles. The molecule has 0 fully saturated rings. The van der Waals surface area contributed by atoms with Gasteiger partial charge in [-0.15, -0.1) is 0 Å². The van der Waals surface area contributed by atoms with Crippen LogP contribution in [0.5, 0.6) is 0 Å². The molecule has 0 radical (unpaired) electrons. The van der Waals surface area contributed by atoms with E-state index in [-0.39, 0.29) is 5.56 Å². The van der Waals surface area contributed by atoms with Crippen molar-refractivity contribution in [3.8, 4) is 0 Å². The summed E-state index contributed by atoms with van der Waals surface area (Å²) in [5, 5.41) is 13.0. The molecule has 122 valence electrons. The lowest BCUT2D eigenvalue weighted by atomic mass is 10.2. The van der Waals surface area contributed by atoms with Crippen molar-refractivity contribution in [2.75, 3.05) is 13.3 Å². The van der Waals surface area contributed by atoms with Gasteiger partial charge in [0.1, 0.15) is 0 Å². The van der Waals surface area contributed by atoms with E-state index in [1.54, 1.807) is 18.2 Å². The van der Waals surface area contributed by atoms with Gasteiger partial charge in [0.25, 0.3) is 0 Å². The topological polar surface area (TPSA) is 40.1 Å². The van der Waals surface area contributed by atoms with Crippen LogP contribution in [-0.2, 0) is 0 Å². The first-order chi connectivity index (χ1) is 11.5. The molecule has 0 N–H and O–H groups in total. The zero-order valence-electron chi connectivity index (χ0n) is 13.9. The maximum absolute atomic E-state index is 10.1. The molecule has 2 nitrogen and oxygen atoms in total. The maximum Gasteiger partial charge on any atom is 0.0985 e. The highest BCUT2D eigenvalue weighted by Crippen LogP contribution is 2.48. The van der Waals surface area contributed by atoms with Crippen LogP contribution in [0.2, 0.25) is 0 Å². The van der Waals surface area contributed by atoms with Crippen molar-refractivity contribution in [2.24, 2.45) is 0 Å². The molecule has 0 saturated carbocycles. The van der Waals surface area contributed by atoms with Crippen LogP contribution in [0.1, 0.15) is 10.4 Å². The number of hydrogen-bond acceptors (Lipinski definition) is 2. The van der Waals surface area contributed by atoms with E-state index in [0.29, 0.717) is 0 Å². The first-order valence-corrected chi connectivity index (χ1v) is 10.4. The summed E-state index contributed by atoms with van der Waals surface area (Å²) in [5.41, 5.74) is 0.220. The third-order valence-electron chi connectivity index (χ3n) is 3.81. The Morgan fingerprint density at radius 1 is 0.667 bits per heavy atom. The molecule has 3 aromatic rings. The Morgan fingerprint density at radius 3 is 1.29 bits per heavy atom. The summed E-state index contributed by atoms with van der Waals surface area (Å²) in [6, 6.07) is 29.7. The minimum absolute atomic E-state index is 0.220. The Labute approximate surface area is 144 Å². The summed E-state index contributed by atoms with van der Waals surface area (Å²) in [6.45, 7) is 4.75. The minimum Gasteiger partial charge on any atom is -0.545 e. The molecule has 0 aliphatic carbocycles. The zero-order chi connectivity index (χ0) is 17.4. The Kier molecular flexibility index (Phi) is 6.28. The second-order valence-corrected chi connectivity index (χ2v) is 9.72. The third-order valence-corrected chi connectivity index (χ3v) is 6.99. The molecule has 0 atom stereocenters. The Balaban J connectivity index is 0.000000198. The van der Waals surface area contributed by atoms with Crippen molar-refractivity contribution in [2.45, 2.75) is 0 Å². The van der Waals surface area contributed by atoms with Gasteiger partial charge in [0, 0.05) is 0 Å².